The molecule has 3 aromatic rings. The van der Waals surface area contributed by atoms with Gasteiger partial charge in [0.2, 0.25) is 5.91 Å². The van der Waals surface area contributed by atoms with Crippen molar-refractivity contribution in [3.05, 3.63) is 76.3 Å². The number of nitriles is 1. The lowest BCUT2D eigenvalue weighted by molar-refractivity contribution is -0.137. The maximum absolute atomic E-state index is 15.1. The third kappa shape index (κ3) is 4.09. The lowest BCUT2D eigenvalue weighted by Crippen LogP contribution is -2.73. The molecule has 2 saturated heterocycles. The summed E-state index contributed by atoms with van der Waals surface area (Å²) < 4.78 is 30.2. The number of carbonyl (C=O) groups excluding carboxylic acids is 3. The highest BCUT2D eigenvalue weighted by Gasteiger charge is 2.56. The van der Waals surface area contributed by atoms with Crippen molar-refractivity contribution in [3.8, 4) is 17.9 Å². The van der Waals surface area contributed by atoms with Gasteiger partial charge in [-0.3, -0.25) is 14.5 Å². The number of fused-ring (bicyclic) bond motifs is 1. The summed E-state index contributed by atoms with van der Waals surface area (Å²) in [5, 5.41) is 10.8. The zero-order chi connectivity index (χ0) is 26.3. The molecule has 2 aromatic carbocycles. The quantitative estimate of drug-likeness (QED) is 0.484. The molecule has 1 unspecified atom stereocenters. The molecular formula is C26H17F2N5O3S. The van der Waals surface area contributed by atoms with Crippen molar-refractivity contribution in [2.45, 2.75) is 18.9 Å². The number of rotatable bonds is 2. The Morgan fingerprint density at radius 3 is 2.35 bits per heavy atom. The average molecular weight is 518 g/mol. The molecule has 1 atom stereocenters. The van der Waals surface area contributed by atoms with Gasteiger partial charge in [-0.1, -0.05) is 30.0 Å². The first-order chi connectivity index (χ1) is 17.7. The molecule has 0 bridgehead atoms. The van der Waals surface area contributed by atoms with Crippen molar-refractivity contribution >= 4 is 40.0 Å². The number of piperazine rings is 1. The zero-order valence-corrected chi connectivity index (χ0v) is 20.2. The van der Waals surface area contributed by atoms with Gasteiger partial charge in [-0.05, 0) is 31.2 Å². The second kappa shape index (κ2) is 9.12. The number of nitrogens with zero attached hydrogens (tertiary/aromatic N) is 5. The summed E-state index contributed by atoms with van der Waals surface area (Å²) in [4.78, 5) is 46.8. The average Bonchev–Trinajstić information content (AvgIpc) is 3.35. The highest BCUT2D eigenvalue weighted by atomic mass is 32.1. The number of carbonyl (C=O) groups is 3. The Bertz CT molecular complexity index is 1530. The second-order valence-corrected chi connectivity index (χ2v) is 9.44. The van der Waals surface area contributed by atoms with E-state index in [1.165, 1.54) is 17.2 Å². The molecule has 1 aromatic heterocycles. The van der Waals surface area contributed by atoms with Gasteiger partial charge in [0.15, 0.2) is 22.5 Å². The van der Waals surface area contributed by atoms with Gasteiger partial charge in [0.25, 0.3) is 5.91 Å². The number of hydrogen-bond donors (Lipinski definition) is 0. The lowest BCUT2D eigenvalue weighted by atomic mass is 9.88. The van der Waals surface area contributed by atoms with Crippen LogP contribution in [0.3, 0.4) is 0 Å². The summed E-state index contributed by atoms with van der Waals surface area (Å²) in [6, 6.07) is 11.7. The normalized spacial score (nSPS) is 19.3. The summed E-state index contributed by atoms with van der Waals surface area (Å²) in [5.74, 6) is 1.74. The number of anilines is 2. The van der Waals surface area contributed by atoms with Crippen molar-refractivity contribution in [3.63, 3.8) is 0 Å². The Morgan fingerprint density at radius 1 is 1.03 bits per heavy atom. The molecule has 0 aliphatic carbocycles. The summed E-state index contributed by atoms with van der Waals surface area (Å²) in [5.41, 5.74) is -1.55. The van der Waals surface area contributed by atoms with E-state index >= 15 is 8.78 Å². The smallest absolute Gasteiger partial charge is 0.307 e. The Kier molecular flexibility index (Phi) is 5.94. The third-order valence-corrected chi connectivity index (χ3v) is 7.08. The molecule has 184 valence electrons. The minimum atomic E-state index is -1.57. The molecule has 11 heteroatoms. The van der Waals surface area contributed by atoms with Crippen LogP contribution in [-0.2, 0) is 9.59 Å². The first-order valence-electron chi connectivity index (χ1n) is 11.1. The zero-order valence-electron chi connectivity index (χ0n) is 19.4. The Hall–Kier alpha value is -4.61. The maximum Gasteiger partial charge on any atom is 0.332 e. The largest absolute Gasteiger partial charge is 0.332 e. The fourth-order valence-electron chi connectivity index (χ4n) is 4.39. The Labute approximate surface area is 214 Å². The number of amides is 4. The SMILES string of the molecule is CC12CC(=O)N(c3c(F)cc(C#Cc4ccccc4)cc3F)C(=O)N1CCN(c1nc(C#N)cs1)C2=O. The van der Waals surface area contributed by atoms with Gasteiger partial charge >= 0.3 is 6.03 Å². The summed E-state index contributed by atoms with van der Waals surface area (Å²) in [6.45, 7) is 1.47. The van der Waals surface area contributed by atoms with E-state index in [4.69, 9.17) is 5.26 Å². The molecule has 0 saturated carbocycles. The van der Waals surface area contributed by atoms with Gasteiger partial charge in [-0.15, -0.1) is 11.3 Å². The van der Waals surface area contributed by atoms with E-state index in [-0.39, 0.29) is 29.5 Å². The molecule has 2 aliphatic heterocycles. The molecular weight excluding hydrogens is 500 g/mol. The molecule has 2 aliphatic rings. The van der Waals surface area contributed by atoms with Crippen LogP contribution in [-0.4, -0.2) is 46.4 Å². The van der Waals surface area contributed by atoms with E-state index in [1.807, 2.05) is 12.1 Å². The van der Waals surface area contributed by atoms with Gasteiger partial charge in [0.05, 0.1) is 6.42 Å². The maximum atomic E-state index is 15.1. The van der Waals surface area contributed by atoms with E-state index < -0.39 is 47.1 Å². The minimum Gasteiger partial charge on any atom is -0.307 e. The van der Waals surface area contributed by atoms with Crippen molar-refractivity contribution in [1.29, 1.82) is 5.26 Å². The number of imide groups is 1. The second-order valence-electron chi connectivity index (χ2n) is 8.60. The van der Waals surface area contributed by atoms with Gasteiger partial charge in [0.1, 0.15) is 17.3 Å². The van der Waals surface area contributed by atoms with Gasteiger partial charge in [-0.2, -0.15) is 5.26 Å². The standard InChI is InChI=1S/C26H17F2N5O3S/c1-26-13-21(34)33(22-19(27)11-17(12-20(22)28)8-7-16-5-3-2-4-6-16)25(36)32(26)10-9-31(23(26)35)24-30-18(14-29)15-37-24/h2-6,11-12,15H,9-10,13H2,1H3. The van der Waals surface area contributed by atoms with Crippen LogP contribution in [0.15, 0.2) is 47.8 Å². The summed E-state index contributed by atoms with van der Waals surface area (Å²) in [7, 11) is 0. The molecule has 0 spiro atoms. The lowest BCUT2D eigenvalue weighted by Gasteiger charge is -2.50. The number of thiazole rings is 1. The number of aromatic nitrogens is 1. The van der Waals surface area contributed by atoms with Crippen LogP contribution in [0.4, 0.5) is 24.4 Å². The fraction of sp³-hybridized carbons (Fsp3) is 0.192. The van der Waals surface area contributed by atoms with Crippen molar-refractivity contribution < 1.29 is 23.2 Å². The van der Waals surface area contributed by atoms with Crippen LogP contribution in [0.25, 0.3) is 0 Å². The summed E-state index contributed by atoms with van der Waals surface area (Å²) in [6.07, 6.45) is -0.487. The number of urea groups is 1. The van der Waals surface area contributed by atoms with Crippen LogP contribution in [0.1, 0.15) is 30.2 Å². The molecule has 37 heavy (non-hydrogen) atoms. The van der Waals surface area contributed by atoms with Crippen molar-refractivity contribution in [2.24, 2.45) is 0 Å². The van der Waals surface area contributed by atoms with Gasteiger partial charge in [-0.25, -0.2) is 23.5 Å². The fourth-order valence-corrected chi connectivity index (χ4v) is 5.17. The summed E-state index contributed by atoms with van der Waals surface area (Å²) >= 11 is 1.09. The van der Waals surface area contributed by atoms with Crippen LogP contribution in [0.5, 0.6) is 0 Å². The van der Waals surface area contributed by atoms with Crippen LogP contribution < -0.4 is 9.80 Å². The Morgan fingerprint density at radius 2 is 1.70 bits per heavy atom. The van der Waals surface area contributed by atoms with Crippen LogP contribution in [0.2, 0.25) is 0 Å². The van der Waals surface area contributed by atoms with E-state index in [2.05, 4.69) is 16.8 Å². The molecule has 0 radical (unpaired) electrons. The van der Waals surface area contributed by atoms with Crippen LogP contribution >= 0.6 is 11.3 Å². The molecule has 3 heterocycles. The predicted octanol–water partition coefficient (Wildman–Crippen LogP) is 3.66. The Balaban J connectivity index is 1.44. The first-order valence-corrected chi connectivity index (χ1v) is 12.0. The topological polar surface area (TPSA) is 97.6 Å². The monoisotopic (exact) mass is 517 g/mol. The number of benzene rings is 2. The number of halogens is 2. The van der Waals surface area contributed by atoms with E-state index in [9.17, 15) is 14.4 Å². The molecule has 5 rings (SSSR count). The predicted molar refractivity (Wildman–Crippen MR) is 131 cm³/mol. The van der Waals surface area contributed by atoms with Gasteiger partial charge in [0, 0.05) is 29.6 Å². The third-order valence-electron chi connectivity index (χ3n) is 6.22. The minimum absolute atomic E-state index is 0.00378. The highest BCUT2D eigenvalue weighted by molar-refractivity contribution is 7.14. The van der Waals surface area contributed by atoms with Crippen molar-refractivity contribution in [1.82, 2.24) is 9.88 Å². The highest BCUT2D eigenvalue weighted by Crippen LogP contribution is 2.38. The van der Waals surface area contributed by atoms with E-state index in [0.717, 1.165) is 28.4 Å². The van der Waals surface area contributed by atoms with E-state index in [1.54, 1.807) is 24.3 Å². The molecule has 2 fully saturated rings. The molecule has 4 amide bonds. The van der Waals surface area contributed by atoms with E-state index in [0.29, 0.717) is 10.5 Å². The first kappa shape index (κ1) is 24.1. The van der Waals surface area contributed by atoms with Crippen LogP contribution in [0, 0.1) is 34.8 Å². The molecule has 8 nitrogen and oxygen atoms in total. The van der Waals surface area contributed by atoms with Gasteiger partial charge < -0.3 is 4.90 Å². The van der Waals surface area contributed by atoms with Crippen molar-refractivity contribution in [2.75, 3.05) is 22.9 Å². The number of hydrogen-bond acceptors (Lipinski definition) is 6. The molecule has 0 N–H and O–H groups in total.